The molecule has 1 fully saturated rings. The van der Waals surface area contributed by atoms with E-state index in [1.54, 1.807) is 29.0 Å². The summed E-state index contributed by atoms with van der Waals surface area (Å²) in [4.78, 5) is 55.8. The largest absolute Gasteiger partial charge is 0.497 e. The number of anilines is 3. The number of aryl methyl sites for hydroxylation is 1. The molecule has 4 heterocycles. The minimum Gasteiger partial charge on any atom is -0.497 e. The van der Waals surface area contributed by atoms with Gasteiger partial charge in [0.05, 0.1) is 20.2 Å². The summed E-state index contributed by atoms with van der Waals surface area (Å²) in [5, 5.41) is 0. The molecule has 0 spiro atoms. The molecular weight excluding hydrogens is 640 g/mol. The lowest BCUT2D eigenvalue weighted by Crippen LogP contribution is -2.41. The van der Waals surface area contributed by atoms with Gasteiger partial charge in [0.2, 0.25) is 0 Å². The molecule has 13 heteroatoms. The van der Waals surface area contributed by atoms with Crippen LogP contribution < -0.4 is 24.2 Å². The minimum atomic E-state index is -0.657. The van der Waals surface area contributed by atoms with Crippen molar-refractivity contribution in [3.63, 3.8) is 0 Å². The number of fused-ring (bicyclic) bond motifs is 2. The van der Waals surface area contributed by atoms with E-state index in [9.17, 15) is 14.4 Å². The van der Waals surface area contributed by atoms with Gasteiger partial charge in [-0.05, 0) is 93.5 Å². The second-order valence-corrected chi connectivity index (χ2v) is 14.3. The summed E-state index contributed by atoms with van der Waals surface area (Å²) >= 11 is 0. The highest BCUT2D eigenvalue weighted by Crippen LogP contribution is 2.35. The summed E-state index contributed by atoms with van der Waals surface area (Å²) in [6.07, 6.45) is 0.685. The van der Waals surface area contributed by atoms with Gasteiger partial charge in [0.25, 0.3) is 5.91 Å². The molecule has 3 aromatic rings. The number of ether oxygens (including phenoxy) is 4. The zero-order valence-electron chi connectivity index (χ0n) is 29.9. The minimum absolute atomic E-state index is 0.104. The van der Waals surface area contributed by atoms with Crippen LogP contribution in [0.25, 0.3) is 0 Å². The number of carbonyl (C=O) groups excluding carboxylic acids is 3. The van der Waals surface area contributed by atoms with Crippen LogP contribution in [0.2, 0.25) is 0 Å². The Bertz CT molecular complexity index is 1760. The predicted octanol–water partition coefficient (Wildman–Crippen LogP) is 5.15. The van der Waals surface area contributed by atoms with Gasteiger partial charge in [-0.2, -0.15) is 0 Å². The lowest BCUT2D eigenvalue weighted by molar-refractivity contribution is -0.121. The van der Waals surface area contributed by atoms with E-state index in [2.05, 4.69) is 6.07 Å². The van der Waals surface area contributed by atoms with Crippen LogP contribution in [0, 0.1) is 12.8 Å². The third-order valence-corrected chi connectivity index (χ3v) is 9.10. The second kappa shape index (κ2) is 14.0. The van der Waals surface area contributed by atoms with E-state index in [-0.39, 0.29) is 31.5 Å². The summed E-state index contributed by atoms with van der Waals surface area (Å²) in [5.41, 5.74) is 3.77. The van der Waals surface area contributed by atoms with Crippen LogP contribution in [0.4, 0.5) is 27.0 Å². The molecule has 1 aromatic carbocycles. The lowest BCUT2D eigenvalue weighted by Gasteiger charge is -2.30. The number of hydrogen-bond acceptors (Lipinski definition) is 10. The number of aromatic nitrogens is 2. The molecule has 0 bridgehead atoms. The van der Waals surface area contributed by atoms with E-state index in [4.69, 9.17) is 28.9 Å². The first-order valence-corrected chi connectivity index (χ1v) is 17.0. The predicted molar refractivity (Wildman–Crippen MR) is 188 cm³/mol. The van der Waals surface area contributed by atoms with Gasteiger partial charge in [-0.15, -0.1) is 0 Å². The number of carbonyl (C=O) groups is 3. The molecule has 1 saturated heterocycles. The fourth-order valence-electron chi connectivity index (χ4n) is 6.59. The summed E-state index contributed by atoms with van der Waals surface area (Å²) in [7, 11) is 5.57. The molecule has 266 valence electrons. The van der Waals surface area contributed by atoms with Crippen LogP contribution in [0.5, 0.6) is 11.5 Å². The number of pyridine rings is 2. The fourth-order valence-corrected chi connectivity index (χ4v) is 6.59. The first-order chi connectivity index (χ1) is 23.8. The van der Waals surface area contributed by atoms with Crippen molar-refractivity contribution >= 4 is 35.5 Å². The average molecular weight is 687 g/mol. The highest BCUT2D eigenvalue weighted by atomic mass is 16.6. The number of amides is 3. The Morgan fingerprint density at radius 1 is 1.06 bits per heavy atom. The molecule has 0 radical (unpaired) electrons. The average Bonchev–Trinajstić information content (AvgIpc) is 3.66. The maximum Gasteiger partial charge on any atom is 0.415 e. The van der Waals surface area contributed by atoms with Crippen molar-refractivity contribution in [2.45, 2.75) is 65.2 Å². The topological polar surface area (TPSA) is 127 Å². The number of rotatable bonds is 10. The van der Waals surface area contributed by atoms with Crippen molar-refractivity contribution < 1.29 is 33.3 Å². The van der Waals surface area contributed by atoms with Crippen molar-refractivity contribution in [2.75, 3.05) is 62.1 Å². The molecule has 50 heavy (non-hydrogen) atoms. The molecule has 2 atom stereocenters. The lowest BCUT2D eigenvalue weighted by atomic mass is 10.1. The number of methoxy groups -OCH3 is 1. The van der Waals surface area contributed by atoms with Gasteiger partial charge in [-0.25, -0.2) is 19.6 Å². The first-order valence-electron chi connectivity index (χ1n) is 17.0. The summed E-state index contributed by atoms with van der Waals surface area (Å²) < 4.78 is 22.5. The maximum absolute atomic E-state index is 13.4. The van der Waals surface area contributed by atoms with Crippen LogP contribution in [-0.2, 0) is 33.7 Å². The van der Waals surface area contributed by atoms with Gasteiger partial charge >= 0.3 is 12.2 Å². The Labute approximate surface area is 293 Å². The molecule has 2 aliphatic heterocycles. The Morgan fingerprint density at radius 3 is 2.52 bits per heavy atom. The molecule has 3 amide bonds. The Hall–Kier alpha value is -5.07. The monoisotopic (exact) mass is 686 g/mol. The number of hydrogen-bond donors (Lipinski definition) is 0. The van der Waals surface area contributed by atoms with Crippen molar-refractivity contribution in [1.82, 2.24) is 14.9 Å². The summed E-state index contributed by atoms with van der Waals surface area (Å²) in [5.74, 6) is 2.76. The third kappa shape index (κ3) is 7.71. The van der Waals surface area contributed by atoms with Gasteiger partial charge in [-0.3, -0.25) is 14.6 Å². The standard InChI is InChI=1S/C37H46N6O7/c1-23-29-17-25(16-26(29)18-32(38-23)40(5)6)19-41(35(45)50-37(2,3)4)15-14-28-21-42(36(46)49-28)31-13-12-30-34(39-31)43(33(44)22-48-30)20-24-8-10-27(47-7)11-9-24/h8-13,18,25,28H,14-17,19-22H2,1-7H3. The van der Waals surface area contributed by atoms with Gasteiger partial charge in [0.1, 0.15) is 29.1 Å². The summed E-state index contributed by atoms with van der Waals surface area (Å²) in [6, 6.07) is 13.0. The van der Waals surface area contributed by atoms with E-state index >= 15 is 0 Å². The van der Waals surface area contributed by atoms with Gasteiger partial charge in [0, 0.05) is 39.3 Å². The van der Waals surface area contributed by atoms with E-state index in [0.717, 1.165) is 35.7 Å². The number of benzene rings is 1. The zero-order chi connectivity index (χ0) is 35.7. The fraction of sp³-hybridized carbons (Fsp3) is 0.486. The second-order valence-electron chi connectivity index (χ2n) is 14.3. The highest BCUT2D eigenvalue weighted by molar-refractivity contribution is 5.97. The van der Waals surface area contributed by atoms with Crippen LogP contribution in [0.15, 0.2) is 42.5 Å². The molecule has 2 unspecified atom stereocenters. The van der Waals surface area contributed by atoms with E-state index in [1.807, 2.05) is 71.0 Å². The van der Waals surface area contributed by atoms with Crippen molar-refractivity contribution in [1.29, 1.82) is 0 Å². The number of nitrogens with zero attached hydrogens (tertiary/aromatic N) is 6. The van der Waals surface area contributed by atoms with Gasteiger partial charge < -0.3 is 28.7 Å². The summed E-state index contributed by atoms with van der Waals surface area (Å²) in [6.45, 7) is 8.88. The quantitative estimate of drug-likeness (QED) is 0.283. The van der Waals surface area contributed by atoms with Crippen LogP contribution >= 0.6 is 0 Å². The Balaban J connectivity index is 1.13. The zero-order valence-corrected chi connectivity index (χ0v) is 29.9. The van der Waals surface area contributed by atoms with E-state index in [0.29, 0.717) is 36.9 Å². The van der Waals surface area contributed by atoms with Crippen LogP contribution in [0.1, 0.15) is 49.6 Å². The molecule has 0 saturated carbocycles. The SMILES string of the molecule is COc1ccc(CN2C(=O)COc3ccc(N4CC(CCN(CC5Cc6cc(N(C)C)nc(C)c6C5)C(=O)OC(C)(C)C)OC4=O)nc32)cc1. The van der Waals surface area contributed by atoms with Crippen LogP contribution in [0.3, 0.4) is 0 Å². The van der Waals surface area contributed by atoms with Crippen molar-refractivity contribution in [3.05, 3.63) is 64.8 Å². The molecule has 2 aromatic heterocycles. The van der Waals surface area contributed by atoms with Crippen molar-refractivity contribution in [3.8, 4) is 11.5 Å². The molecule has 3 aliphatic rings. The Morgan fingerprint density at radius 2 is 1.82 bits per heavy atom. The molecule has 13 nitrogen and oxygen atoms in total. The van der Waals surface area contributed by atoms with E-state index in [1.165, 1.54) is 16.0 Å². The van der Waals surface area contributed by atoms with Crippen LogP contribution in [-0.4, -0.2) is 92.1 Å². The molecule has 6 rings (SSSR count). The Kier molecular flexibility index (Phi) is 9.77. The number of cyclic esters (lactones) is 1. The van der Waals surface area contributed by atoms with Gasteiger partial charge in [-0.1, -0.05) is 12.1 Å². The van der Waals surface area contributed by atoms with Crippen molar-refractivity contribution in [2.24, 2.45) is 5.92 Å². The molecular formula is C37H46N6O7. The highest BCUT2D eigenvalue weighted by Gasteiger charge is 2.37. The van der Waals surface area contributed by atoms with E-state index < -0.39 is 23.9 Å². The third-order valence-electron chi connectivity index (χ3n) is 9.10. The normalized spacial score (nSPS) is 18.3. The first kappa shape index (κ1) is 34.8. The smallest absolute Gasteiger partial charge is 0.415 e. The molecule has 1 aliphatic carbocycles. The molecule has 0 N–H and O–H groups in total. The van der Waals surface area contributed by atoms with Gasteiger partial charge in [0.15, 0.2) is 18.2 Å². The maximum atomic E-state index is 13.4.